The topological polar surface area (TPSA) is 0 Å². The zero-order chi connectivity index (χ0) is 0. The smallest absolute Gasteiger partial charge is 1.00 e. The second-order valence-electron chi connectivity index (χ2n) is 0. The van der Waals surface area contributed by atoms with Gasteiger partial charge in [-0.25, -0.2) is 0 Å². The Balaban J connectivity index is 0. The van der Waals surface area contributed by atoms with Gasteiger partial charge in [0.25, 0.3) is 0 Å². The number of hydrogen-bond donors (Lipinski definition) is 0. The molecule has 0 bridgehead atoms. The standard InChI is InChI=1S/7FH.Li.Pr.Y/h7*1H;;;/q;;;;;;;+1;2*+3/p-7. The molecule has 0 amide bonds. The van der Waals surface area contributed by atoms with Gasteiger partial charge in [0.05, 0.1) is 0 Å². The molecule has 0 heterocycles. The van der Waals surface area contributed by atoms with E-state index in [1.165, 1.54) is 0 Å². The number of halogens is 7. The number of rotatable bonds is 0. The fraction of sp³-hybridized carbons (Fsp3) is 0. The predicted octanol–water partition coefficient (Wildman–Crippen LogP) is -24.0. The quantitative estimate of drug-likeness (QED) is 0.294. The zero-order valence-corrected chi connectivity index (χ0v) is 11.3. The minimum atomic E-state index is 0. The maximum atomic E-state index is 0. The summed E-state index contributed by atoms with van der Waals surface area (Å²) >= 11 is 0. The van der Waals surface area contributed by atoms with E-state index < -0.39 is 0 Å². The molecule has 56 valence electrons. The third-order valence-corrected chi connectivity index (χ3v) is 0. The van der Waals surface area contributed by atoms with Crippen molar-refractivity contribution in [2.24, 2.45) is 0 Å². The maximum absolute atomic E-state index is 0. The van der Waals surface area contributed by atoms with Crippen LogP contribution in [0.15, 0.2) is 0 Å². The first-order valence-corrected chi connectivity index (χ1v) is 0. The summed E-state index contributed by atoms with van der Waals surface area (Å²) in [5, 5.41) is 0. The molecule has 0 rings (SSSR count). The summed E-state index contributed by atoms with van der Waals surface area (Å²) in [6.07, 6.45) is 0. The second kappa shape index (κ2) is 195. The van der Waals surface area contributed by atoms with Gasteiger partial charge in [-0.15, -0.1) is 0 Å². The van der Waals surface area contributed by atoms with Crippen molar-refractivity contribution in [3.63, 3.8) is 0 Å². The molecule has 0 nitrogen and oxygen atoms in total. The molecule has 0 saturated carbocycles. The molecule has 10 heteroatoms. The average molecular weight is 370 g/mol. The minimum Gasteiger partial charge on any atom is -1.00 e. The van der Waals surface area contributed by atoms with E-state index in [2.05, 4.69) is 0 Å². The molecule has 0 fully saturated rings. The zero-order valence-electron chi connectivity index (χ0n) is 4.80. The van der Waals surface area contributed by atoms with Crippen LogP contribution in [0.5, 0.6) is 0 Å². The van der Waals surface area contributed by atoms with Crippen molar-refractivity contribution in [1.29, 1.82) is 0 Å². The van der Waals surface area contributed by atoms with Crippen LogP contribution in [0.25, 0.3) is 0 Å². The van der Waals surface area contributed by atoms with E-state index in [1.807, 2.05) is 0 Å². The fourth-order valence-electron chi connectivity index (χ4n) is 0. The Kier molecular flexibility index (Phi) is 4960. The summed E-state index contributed by atoms with van der Waals surface area (Å²) in [5.74, 6) is 0. The van der Waals surface area contributed by atoms with E-state index in [0.717, 1.165) is 0 Å². The van der Waals surface area contributed by atoms with Gasteiger partial charge in [-0.2, -0.15) is 0 Å². The largest absolute Gasteiger partial charge is 3.00 e. The molecule has 0 aromatic rings. The van der Waals surface area contributed by atoms with E-state index in [0.29, 0.717) is 0 Å². The molecule has 0 aliphatic heterocycles. The molecular formula is F7LiPrY. The summed E-state index contributed by atoms with van der Waals surface area (Å²) in [5.41, 5.74) is 0. The first-order valence-electron chi connectivity index (χ1n) is 0. The van der Waals surface area contributed by atoms with Crippen LogP contribution in [0.4, 0.5) is 0 Å². The summed E-state index contributed by atoms with van der Waals surface area (Å²) in [6, 6.07) is 0. The first-order chi connectivity index (χ1) is 0. The van der Waals surface area contributed by atoms with Crippen LogP contribution in [0.1, 0.15) is 0 Å². The van der Waals surface area contributed by atoms with Gasteiger partial charge in [-0.05, 0) is 0 Å². The molecule has 0 atom stereocenters. The molecule has 0 aromatic carbocycles. The molecule has 0 aromatic heterocycles. The van der Waals surface area contributed by atoms with Crippen LogP contribution in [0, 0.1) is 41.3 Å². The molecule has 0 radical (unpaired) electrons. The van der Waals surface area contributed by atoms with Crippen molar-refractivity contribution >= 4 is 0 Å². The van der Waals surface area contributed by atoms with Crippen LogP contribution >= 0.6 is 0 Å². The molecule has 0 aliphatic rings. The second-order valence-corrected chi connectivity index (χ2v) is 0. The van der Waals surface area contributed by atoms with Gasteiger partial charge in [-0.1, -0.05) is 0 Å². The summed E-state index contributed by atoms with van der Waals surface area (Å²) in [4.78, 5) is 0. The van der Waals surface area contributed by atoms with Crippen LogP contribution in [-0.2, 0) is 32.7 Å². The Labute approximate surface area is 124 Å². The van der Waals surface area contributed by atoms with Crippen LogP contribution in [0.2, 0.25) is 0 Å². The molecule has 0 aliphatic carbocycles. The maximum Gasteiger partial charge on any atom is 3.00 e. The van der Waals surface area contributed by atoms with Crippen LogP contribution in [-0.4, -0.2) is 0 Å². The molecule has 0 saturated heterocycles. The van der Waals surface area contributed by atoms with E-state index in [-0.39, 0.29) is 126 Å². The summed E-state index contributed by atoms with van der Waals surface area (Å²) in [7, 11) is 0. The monoisotopic (exact) mass is 370 g/mol. The summed E-state index contributed by atoms with van der Waals surface area (Å²) < 4.78 is 0. The predicted molar refractivity (Wildman–Crippen MR) is 0 cm³/mol. The number of hydrogen-bond acceptors (Lipinski definition) is 0. The van der Waals surface area contributed by atoms with Gasteiger partial charge < -0.3 is 32.9 Å². The minimum absolute atomic E-state index is 0. The van der Waals surface area contributed by atoms with Crippen molar-refractivity contribution in [2.45, 2.75) is 0 Å². The van der Waals surface area contributed by atoms with Crippen molar-refractivity contribution in [3.05, 3.63) is 0 Å². The van der Waals surface area contributed by atoms with Crippen molar-refractivity contribution < 1.29 is 126 Å². The Morgan fingerprint density at radius 3 is 0.400 bits per heavy atom. The third-order valence-electron chi connectivity index (χ3n) is 0. The van der Waals surface area contributed by atoms with Crippen molar-refractivity contribution in [2.75, 3.05) is 0 Å². The molecular weight excluding hydrogens is 370 g/mol. The van der Waals surface area contributed by atoms with Gasteiger partial charge in [-0.3, -0.25) is 0 Å². The van der Waals surface area contributed by atoms with E-state index >= 15 is 0 Å². The van der Waals surface area contributed by atoms with Gasteiger partial charge >= 0.3 is 92.9 Å². The van der Waals surface area contributed by atoms with Crippen LogP contribution in [0.3, 0.4) is 0 Å². The molecule has 10 heavy (non-hydrogen) atoms. The van der Waals surface area contributed by atoms with Gasteiger partial charge in [0, 0.05) is 0 Å². The molecule has 0 unspecified atom stereocenters. The van der Waals surface area contributed by atoms with E-state index in [4.69, 9.17) is 0 Å². The van der Waals surface area contributed by atoms with Gasteiger partial charge in [0.15, 0.2) is 0 Å². The Hall–Kier alpha value is 2.57. The SMILES string of the molecule is [F-].[F-].[F-].[F-].[F-].[F-].[F-].[Li+].[Pr+3].[Y+3]. The van der Waals surface area contributed by atoms with Gasteiger partial charge in [0.1, 0.15) is 0 Å². The molecule has 0 spiro atoms. The van der Waals surface area contributed by atoms with Gasteiger partial charge in [0.2, 0.25) is 0 Å². The Morgan fingerprint density at radius 2 is 0.400 bits per heavy atom. The Morgan fingerprint density at radius 1 is 0.400 bits per heavy atom. The van der Waals surface area contributed by atoms with Crippen molar-refractivity contribution in [3.8, 4) is 0 Å². The molecule has 0 N–H and O–H groups in total. The van der Waals surface area contributed by atoms with Crippen LogP contribution < -0.4 is 51.8 Å². The fourth-order valence-corrected chi connectivity index (χ4v) is 0. The van der Waals surface area contributed by atoms with E-state index in [1.54, 1.807) is 0 Å². The van der Waals surface area contributed by atoms with E-state index in [9.17, 15) is 0 Å². The first kappa shape index (κ1) is 254. The normalized spacial score (nSPS) is 0. The Bertz CT molecular complexity index is 13.6. The summed E-state index contributed by atoms with van der Waals surface area (Å²) in [6.45, 7) is 0. The average Bonchev–Trinajstić information content (AvgIpc) is 0. The van der Waals surface area contributed by atoms with Crippen molar-refractivity contribution in [1.82, 2.24) is 0 Å². The third kappa shape index (κ3) is 146.